The van der Waals surface area contributed by atoms with E-state index < -0.39 is 23.8 Å². The number of carbonyl (C=O) groups excluding carboxylic acids is 1. The average Bonchev–Trinajstić information content (AvgIpc) is 3.58. The number of tetrazole rings is 1. The molecule has 12 heteroatoms. The van der Waals surface area contributed by atoms with E-state index in [4.69, 9.17) is 4.74 Å². The summed E-state index contributed by atoms with van der Waals surface area (Å²) in [5.74, 6) is 0.527. The Bertz CT molecular complexity index is 1760. The highest BCUT2D eigenvalue weighted by Gasteiger charge is 2.22. The molecule has 5 rings (SSSR count). The molecule has 0 unspecified atom stereocenters. The van der Waals surface area contributed by atoms with Crippen LogP contribution in [-0.2, 0) is 29.2 Å². The highest BCUT2D eigenvalue weighted by atomic mass is 16.5. The number of aromatic nitrogens is 8. The third-order valence-electron chi connectivity index (χ3n) is 6.49. The van der Waals surface area contributed by atoms with E-state index in [-0.39, 0.29) is 11.4 Å². The maximum atomic E-state index is 13.5. The summed E-state index contributed by atoms with van der Waals surface area (Å²) in [7, 11) is 1.22. The number of esters is 1. The van der Waals surface area contributed by atoms with Gasteiger partial charge in [0, 0.05) is 18.7 Å². The Hall–Kier alpha value is -4.87. The summed E-state index contributed by atoms with van der Waals surface area (Å²) in [5.41, 5.74) is 3.12. The summed E-state index contributed by atoms with van der Waals surface area (Å²) < 4.78 is 8.89. The molecule has 12 nitrogen and oxygen atoms in total. The topological polar surface area (TPSA) is 143 Å². The highest BCUT2D eigenvalue weighted by molar-refractivity contribution is 5.80. The van der Waals surface area contributed by atoms with Gasteiger partial charge in [-0.2, -0.15) is 5.21 Å². The number of methoxy groups -OCH3 is 1. The van der Waals surface area contributed by atoms with E-state index in [1.165, 1.54) is 11.7 Å². The van der Waals surface area contributed by atoms with Crippen molar-refractivity contribution in [1.82, 2.24) is 39.3 Å². The number of aromatic amines is 1. The van der Waals surface area contributed by atoms with Crippen LogP contribution in [0.4, 0.5) is 0 Å². The van der Waals surface area contributed by atoms with Gasteiger partial charge in [0.05, 0.1) is 7.11 Å². The average molecular weight is 529 g/mol. The number of H-pyrrole nitrogens is 1. The first-order chi connectivity index (χ1) is 18.8. The molecule has 0 aliphatic carbocycles. The molecule has 0 fully saturated rings. The van der Waals surface area contributed by atoms with Crippen molar-refractivity contribution in [2.75, 3.05) is 7.11 Å². The number of benzene rings is 2. The summed E-state index contributed by atoms with van der Waals surface area (Å²) in [4.78, 5) is 43.3. The standard InChI is InChI=1S/C27H28N8O4/c1-16(2)13-34-25-23(26(37)35(27(34)38)15-22(36)39-4)33(17(3)28-25)14-18-9-11-19(12-10-18)20-7-5-6-8-21(20)24-29-31-32-30-24/h5-12,16H,13-15H2,1-4H3,(H,29,30,31,32). The molecule has 0 saturated heterocycles. The summed E-state index contributed by atoms with van der Waals surface area (Å²) in [6, 6.07) is 15.7. The molecule has 0 spiro atoms. The van der Waals surface area contributed by atoms with Gasteiger partial charge in [-0.05, 0) is 34.7 Å². The van der Waals surface area contributed by atoms with Crippen molar-refractivity contribution < 1.29 is 9.53 Å². The molecule has 1 N–H and O–H groups in total. The molecule has 39 heavy (non-hydrogen) atoms. The van der Waals surface area contributed by atoms with Gasteiger partial charge in [0.25, 0.3) is 5.56 Å². The normalized spacial score (nSPS) is 11.4. The van der Waals surface area contributed by atoms with Gasteiger partial charge < -0.3 is 9.30 Å². The lowest BCUT2D eigenvalue weighted by atomic mass is 9.98. The molecule has 0 aliphatic rings. The van der Waals surface area contributed by atoms with E-state index >= 15 is 0 Å². The quantitative estimate of drug-likeness (QED) is 0.303. The Balaban J connectivity index is 1.57. The first kappa shape index (κ1) is 25.8. The second-order valence-electron chi connectivity index (χ2n) is 9.65. The second kappa shape index (κ2) is 10.5. The number of hydrogen-bond acceptors (Lipinski definition) is 8. The minimum absolute atomic E-state index is 0.114. The zero-order valence-corrected chi connectivity index (χ0v) is 22.1. The smallest absolute Gasteiger partial charge is 0.333 e. The van der Waals surface area contributed by atoms with Gasteiger partial charge in [0.2, 0.25) is 5.82 Å². The van der Waals surface area contributed by atoms with E-state index in [1.54, 1.807) is 11.5 Å². The zero-order valence-electron chi connectivity index (χ0n) is 22.1. The van der Waals surface area contributed by atoms with Crippen LogP contribution in [0.25, 0.3) is 33.7 Å². The molecular formula is C27H28N8O4. The molecule has 0 amide bonds. The van der Waals surface area contributed by atoms with E-state index in [9.17, 15) is 14.4 Å². The lowest BCUT2D eigenvalue weighted by Crippen LogP contribution is -2.43. The van der Waals surface area contributed by atoms with Crippen LogP contribution < -0.4 is 11.2 Å². The summed E-state index contributed by atoms with van der Waals surface area (Å²) >= 11 is 0. The Labute approximate surface area is 222 Å². The van der Waals surface area contributed by atoms with Crippen molar-refractivity contribution >= 4 is 17.1 Å². The Morgan fingerprint density at radius 2 is 1.72 bits per heavy atom. The molecule has 2 aromatic carbocycles. The van der Waals surface area contributed by atoms with Crippen molar-refractivity contribution in [2.24, 2.45) is 5.92 Å². The molecular weight excluding hydrogens is 500 g/mol. The fourth-order valence-electron chi connectivity index (χ4n) is 4.63. The number of nitrogens with one attached hydrogen (secondary N) is 1. The largest absolute Gasteiger partial charge is 0.468 e. The molecule has 0 atom stereocenters. The van der Waals surface area contributed by atoms with Gasteiger partial charge in [-0.1, -0.05) is 62.4 Å². The first-order valence-electron chi connectivity index (χ1n) is 12.5. The number of carbonyl (C=O) groups is 1. The van der Waals surface area contributed by atoms with Gasteiger partial charge in [0.15, 0.2) is 11.2 Å². The fraction of sp³-hybridized carbons (Fsp3) is 0.296. The van der Waals surface area contributed by atoms with E-state index in [0.29, 0.717) is 30.4 Å². The Morgan fingerprint density at radius 3 is 2.36 bits per heavy atom. The Kier molecular flexibility index (Phi) is 6.92. The molecule has 200 valence electrons. The maximum absolute atomic E-state index is 13.5. The first-order valence-corrected chi connectivity index (χ1v) is 12.5. The number of ether oxygens (including phenoxy) is 1. The summed E-state index contributed by atoms with van der Waals surface area (Å²) in [5, 5.41) is 14.4. The number of hydrogen-bond donors (Lipinski definition) is 1. The lowest BCUT2D eigenvalue weighted by Gasteiger charge is -2.14. The van der Waals surface area contributed by atoms with Gasteiger partial charge in [-0.25, -0.2) is 14.3 Å². The number of fused-ring (bicyclic) bond motifs is 1. The highest BCUT2D eigenvalue weighted by Crippen LogP contribution is 2.30. The van der Waals surface area contributed by atoms with Gasteiger partial charge in [0.1, 0.15) is 12.4 Å². The van der Waals surface area contributed by atoms with Crippen molar-refractivity contribution in [3.8, 4) is 22.5 Å². The van der Waals surface area contributed by atoms with Crippen molar-refractivity contribution in [1.29, 1.82) is 0 Å². The Morgan fingerprint density at radius 1 is 1.00 bits per heavy atom. The minimum Gasteiger partial charge on any atom is -0.468 e. The van der Waals surface area contributed by atoms with Crippen LogP contribution in [0.2, 0.25) is 0 Å². The molecule has 3 aromatic heterocycles. The predicted molar refractivity (Wildman–Crippen MR) is 144 cm³/mol. The lowest BCUT2D eigenvalue weighted by molar-refractivity contribution is -0.141. The van der Waals surface area contributed by atoms with Crippen LogP contribution in [0.5, 0.6) is 0 Å². The molecule has 5 aromatic rings. The van der Waals surface area contributed by atoms with Gasteiger partial charge in [-0.3, -0.25) is 14.2 Å². The zero-order chi connectivity index (χ0) is 27.7. The second-order valence-corrected chi connectivity index (χ2v) is 9.65. The van der Waals surface area contributed by atoms with E-state index in [2.05, 4.69) is 25.6 Å². The molecule has 3 heterocycles. The maximum Gasteiger partial charge on any atom is 0.333 e. The van der Waals surface area contributed by atoms with Crippen LogP contribution in [0.3, 0.4) is 0 Å². The SMILES string of the molecule is COC(=O)Cn1c(=O)c2c(nc(C)n2Cc2ccc(-c3ccccc3-c3nn[nH]n3)cc2)n(CC(C)C)c1=O. The molecule has 0 bridgehead atoms. The van der Waals surface area contributed by atoms with Crippen LogP contribution >= 0.6 is 0 Å². The van der Waals surface area contributed by atoms with Gasteiger partial charge in [-0.15, -0.1) is 10.2 Å². The van der Waals surface area contributed by atoms with Crippen molar-refractivity contribution in [3.63, 3.8) is 0 Å². The van der Waals surface area contributed by atoms with Gasteiger partial charge >= 0.3 is 11.7 Å². The minimum atomic E-state index is -0.677. The van der Waals surface area contributed by atoms with Crippen molar-refractivity contribution in [3.05, 3.63) is 80.8 Å². The van der Waals surface area contributed by atoms with E-state index in [1.807, 2.05) is 62.4 Å². The third-order valence-corrected chi connectivity index (χ3v) is 6.49. The van der Waals surface area contributed by atoms with Crippen LogP contribution in [0, 0.1) is 12.8 Å². The van der Waals surface area contributed by atoms with Crippen molar-refractivity contribution in [2.45, 2.75) is 40.4 Å². The fourth-order valence-corrected chi connectivity index (χ4v) is 4.63. The van der Waals surface area contributed by atoms with E-state index in [0.717, 1.165) is 26.8 Å². The summed E-state index contributed by atoms with van der Waals surface area (Å²) in [6.45, 7) is 5.96. The number of aryl methyl sites for hydroxylation is 1. The number of imidazole rings is 1. The van der Waals surface area contributed by atoms with Crippen LogP contribution in [0.15, 0.2) is 58.1 Å². The monoisotopic (exact) mass is 528 g/mol. The predicted octanol–water partition coefficient (Wildman–Crippen LogP) is 2.39. The molecule has 0 saturated carbocycles. The number of nitrogens with zero attached hydrogens (tertiary/aromatic N) is 7. The molecule has 0 radical (unpaired) electrons. The third kappa shape index (κ3) is 4.88. The van der Waals surface area contributed by atoms with Crippen LogP contribution in [0.1, 0.15) is 25.2 Å². The number of rotatable bonds is 8. The summed E-state index contributed by atoms with van der Waals surface area (Å²) in [6.07, 6.45) is 0. The van der Waals surface area contributed by atoms with Crippen LogP contribution in [-0.4, -0.2) is 52.4 Å². The molecule has 0 aliphatic heterocycles.